The zero-order valence-corrected chi connectivity index (χ0v) is 12.4. The molecule has 0 spiro atoms. The van der Waals surface area contributed by atoms with Crippen LogP contribution in [0.2, 0.25) is 0 Å². The normalized spacial score (nSPS) is 22.2. The second kappa shape index (κ2) is 5.52. The number of rotatable bonds is 4. The van der Waals surface area contributed by atoms with Crippen LogP contribution in [0.25, 0.3) is 0 Å². The molecule has 1 N–H and O–H groups in total. The first-order chi connectivity index (χ1) is 9.37. The van der Waals surface area contributed by atoms with Crippen LogP contribution in [-0.2, 0) is 11.2 Å². The summed E-state index contributed by atoms with van der Waals surface area (Å²) in [6, 6.07) is 1.85. The van der Waals surface area contributed by atoms with Crippen LogP contribution in [0, 0.1) is 6.92 Å². The summed E-state index contributed by atoms with van der Waals surface area (Å²) >= 11 is 1.40. The molecule has 1 atom stereocenters. The highest BCUT2D eigenvalue weighted by Gasteiger charge is 2.47. The van der Waals surface area contributed by atoms with Gasteiger partial charge in [-0.2, -0.15) is 0 Å². The summed E-state index contributed by atoms with van der Waals surface area (Å²) in [7, 11) is 0. The number of alkyl halides is 1. The van der Waals surface area contributed by atoms with Crippen LogP contribution in [0.4, 0.5) is 4.39 Å². The van der Waals surface area contributed by atoms with Gasteiger partial charge in [0.05, 0.1) is 11.4 Å². The SMILES string of the molecule is CCCc1cc(C(=O)N2CCC(F)(C(=O)O)C2)sc1C. The summed E-state index contributed by atoms with van der Waals surface area (Å²) in [5, 5.41) is 8.85. The molecule has 1 fully saturated rings. The summed E-state index contributed by atoms with van der Waals surface area (Å²) in [4.78, 5) is 26.1. The maximum atomic E-state index is 14.0. The molecule has 2 rings (SSSR count). The van der Waals surface area contributed by atoms with E-state index in [1.165, 1.54) is 16.2 Å². The number of aryl methyl sites for hydroxylation is 2. The van der Waals surface area contributed by atoms with E-state index in [0.29, 0.717) is 4.88 Å². The van der Waals surface area contributed by atoms with Gasteiger partial charge in [-0.1, -0.05) is 13.3 Å². The van der Waals surface area contributed by atoms with Crippen molar-refractivity contribution in [3.05, 3.63) is 21.4 Å². The molecule has 0 aromatic carbocycles. The molecule has 1 saturated heterocycles. The van der Waals surface area contributed by atoms with Gasteiger partial charge in [-0.15, -0.1) is 11.3 Å². The van der Waals surface area contributed by atoms with E-state index in [9.17, 15) is 14.0 Å². The number of carboxylic acids is 1. The van der Waals surface area contributed by atoms with Crippen molar-refractivity contribution in [1.82, 2.24) is 4.90 Å². The molecule has 1 aromatic heterocycles. The van der Waals surface area contributed by atoms with Crippen molar-refractivity contribution in [1.29, 1.82) is 0 Å². The van der Waals surface area contributed by atoms with Gasteiger partial charge in [-0.05, 0) is 25.0 Å². The number of carbonyl (C=O) groups excluding carboxylic acids is 1. The Balaban J connectivity index is 2.13. The quantitative estimate of drug-likeness (QED) is 0.930. The molecule has 1 aliphatic rings. The van der Waals surface area contributed by atoms with Gasteiger partial charge in [-0.3, -0.25) is 4.79 Å². The summed E-state index contributed by atoms with van der Waals surface area (Å²) in [6.07, 6.45) is 1.78. The van der Waals surface area contributed by atoms with E-state index in [2.05, 4.69) is 6.92 Å². The molecule has 110 valence electrons. The van der Waals surface area contributed by atoms with E-state index in [1.807, 2.05) is 13.0 Å². The first-order valence-electron chi connectivity index (χ1n) is 6.68. The fourth-order valence-electron chi connectivity index (χ4n) is 2.42. The molecule has 20 heavy (non-hydrogen) atoms. The topological polar surface area (TPSA) is 57.6 Å². The second-order valence-corrected chi connectivity index (χ2v) is 6.45. The minimum Gasteiger partial charge on any atom is -0.479 e. The lowest BCUT2D eigenvalue weighted by atomic mass is 10.1. The van der Waals surface area contributed by atoms with Crippen LogP contribution < -0.4 is 0 Å². The number of carbonyl (C=O) groups is 2. The Labute approximate surface area is 121 Å². The molecule has 1 unspecified atom stereocenters. The number of hydrogen-bond acceptors (Lipinski definition) is 3. The van der Waals surface area contributed by atoms with Crippen LogP contribution in [-0.4, -0.2) is 40.6 Å². The molecule has 0 saturated carbocycles. The monoisotopic (exact) mass is 299 g/mol. The highest BCUT2D eigenvalue weighted by Crippen LogP contribution is 2.30. The van der Waals surface area contributed by atoms with Crippen molar-refractivity contribution in [3.8, 4) is 0 Å². The summed E-state index contributed by atoms with van der Waals surface area (Å²) in [5.74, 6) is -1.75. The standard InChI is InChI=1S/C14H18FNO3S/c1-3-4-10-7-11(20-9(10)2)12(17)16-6-5-14(15,8-16)13(18)19/h7H,3-6,8H2,1-2H3,(H,18,19). The number of carboxylic acid groups (broad SMARTS) is 1. The van der Waals surface area contributed by atoms with E-state index >= 15 is 0 Å². The maximum Gasteiger partial charge on any atom is 0.343 e. The van der Waals surface area contributed by atoms with Gasteiger partial charge >= 0.3 is 5.97 Å². The van der Waals surface area contributed by atoms with E-state index in [4.69, 9.17) is 5.11 Å². The van der Waals surface area contributed by atoms with Crippen LogP contribution in [0.15, 0.2) is 6.07 Å². The van der Waals surface area contributed by atoms with E-state index in [0.717, 1.165) is 23.3 Å². The number of nitrogens with zero attached hydrogens (tertiary/aromatic N) is 1. The van der Waals surface area contributed by atoms with E-state index in [1.54, 1.807) is 0 Å². The Bertz CT molecular complexity index is 543. The van der Waals surface area contributed by atoms with Gasteiger partial charge in [0.1, 0.15) is 0 Å². The molecular weight excluding hydrogens is 281 g/mol. The Morgan fingerprint density at radius 1 is 1.55 bits per heavy atom. The average molecular weight is 299 g/mol. The summed E-state index contributed by atoms with van der Waals surface area (Å²) in [5.41, 5.74) is -1.15. The lowest BCUT2D eigenvalue weighted by Crippen LogP contribution is -2.38. The minimum atomic E-state index is -2.30. The molecule has 1 aromatic rings. The predicted molar refractivity (Wildman–Crippen MR) is 75.0 cm³/mol. The average Bonchev–Trinajstić information content (AvgIpc) is 2.95. The van der Waals surface area contributed by atoms with Crippen LogP contribution in [0.5, 0.6) is 0 Å². The Hall–Kier alpha value is -1.43. The highest BCUT2D eigenvalue weighted by molar-refractivity contribution is 7.14. The number of hydrogen-bond donors (Lipinski definition) is 1. The second-order valence-electron chi connectivity index (χ2n) is 5.19. The van der Waals surface area contributed by atoms with Crippen LogP contribution >= 0.6 is 11.3 Å². The smallest absolute Gasteiger partial charge is 0.343 e. The molecule has 4 nitrogen and oxygen atoms in total. The third-order valence-corrected chi connectivity index (χ3v) is 4.72. The zero-order valence-electron chi connectivity index (χ0n) is 11.6. The third-order valence-electron chi connectivity index (χ3n) is 3.64. The fraction of sp³-hybridized carbons (Fsp3) is 0.571. The van der Waals surface area contributed by atoms with Crippen molar-refractivity contribution in [2.75, 3.05) is 13.1 Å². The predicted octanol–water partition coefficient (Wildman–Crippen LogP) is 2.65. The molecule has 2 heterocycles. The van der Waals surface area contributed by atoms with Gasteiger partial charge in [0.2, 0.25) is 5.67 Å². The van der Waals surface area contributed by atoms with Gasteiger partial charge < -0.3 is 10.0 Å². The van der Waals surface area contributed by atoms with Crippen LogP contribution in [0.1, 0.15) is 39.9 Å². The van der Waals surface area contributed by atoms with Crippen molar-refractivity contribution < 1.29 is 19.1 Å². The Kier molecular flexibility index (Phi) is 4.13. The molecule has 0 radical (unpaired) electrons. The lowest BCUT2D eigenvalue weighted by molar-refractivity contribution is -0.149. The number of likely N-dealkylation sites (tertiary alicyclic amines) is 1. The first-order valence-corrected chi connectivity index (χ1v) is 7.50. The van der Waals surface area contributed by atoms with Gasteiger partial charge in [0, 0.05) is 17.8 Å². The maximum absolute atomic E-state index is 14.0. The van der Waals surface area contributed by atoms with Gasteiger partial charge in [0.25, 0.3) is 5.91 Å². The highest BCUT2D eigenvalue weighted by atomic mass is 32.1. The number of thiophene rings is 1. The summed E-state index contributed by atoms with van der Waals surface area (Å²) < 4.78 is 14.0. The molecule has 1 aliphatic heterocycles. The molecule has 6 heteroatoms. The van der Waals surface area contributed by atoms with E-state index in [-0.39, 0.29) is 25.4 Å². The van der Waals surface area contributed by atoms with Crippen LogP contribution in [0.3, 0.4) is 0 Å². The molecule has 0 bridgehead atoms. The minimum absolute atomic E-state index is 0.139. The van der Waals surface area contributed by atoms with Gasteiger partial charge in [-0.25, -0.2) is 9.18 Å². The largest absolute Gasteiger partial charge is 0.479 e. The Morgan fingerprint density at radius 3 is 2.80 bits per heavy atom. The number of amides is 1. The van der Waals surface area contributed by atoms with Gasteiger partial charge in [0.15, 0.2) is 0 Å². The first kappa shape index (κ1) is 15.0. The lowest BCUT2D eigenvalue weighted by Gasteiger charge is -2.16. The van der Waals surface area contributed by atoms with Crippen molar-refractivity contribution in [2.24, 2.45) is 0 Å². The molecule has 0 aliphatic carbocycles. The Morgan fingerprint density at radius 2 is 2.25 bits per heavy atom. The molecular formula is C14H18FNO3S. The number of halogens is 1. The molecule has 1 amide bonds. The number of aliphatic carboxylic acids is 1. The van der Waals surface area contributed by atoms with Crippen molar-refractivity contribution >= 4 is 23.2 Å². The van der Waals surface area contributed by atoms with E-state index < -0.39 is 11.6 Å². The fourth-order valence-corrected chi connectivity index (χ4v) is 3.46. The van der Waals surface area contributed by atoms with Crippen molar-refractivity contribution in [3.63, 3.8) is 0 Å². The summed E-state index contributed by atoms with van der Waals surface area (Å²) in [6.45, 7) is 3.83. The zero-order chi connectivity index (χ0) is 14.9. The third kappa shape index (κ3) is 2.70. The van der Waals surface area contributed by atoms with Crippen molar-refractivity contribution in [2.45, 2.75) is 38.8 Å².